The minimum atomic E-state index is -0.300. The zero-order valence-corrected chi connectivity index (χ0v) is 11.3. The maximum Gasteiger partial charge on any atom is 0.169 e. The van der Waals surface area contributed by atoms with Crippen LogP contribution < -0.4 is 10.1 Å². The highest BCUT2D eigenvalue weighted by atomic mass is 35.5. The molecule has 0 fully saturated rings. The van der Waals surface area contributed by atoms with Gasteiger partial charge in [0.25, 0.3) is 0 Å². The first-order chi connectivity index (χ1) is 8.79. The number of halogens is 2. The Morgan fingerprint density at radius 3 is 2.89 bits per heavy atom. The van der Waals surface area contributed by atoms with Crippen LogP contribution in [0.5, 0.6) is 5.75 Å². The summed E-state index contributed by atoms with van der Waals surface area (Å²) in [6.45, 7) is 2.50. The highest BCUT2D eigenvalue weighted by molar-refractivity contribution is 6.17. The highest BCUT2D eigenvalue weighted by Gasteiger charge is 2.07. The Bertz CT molecular complexity index is 350. The summed E-state index contributed by atoms with van der Waals surface area (Å²) in [5.41, 5.74) is 0.607. The molecule has 0 aliphatic carbocycles. The Balaban J connectivity index is 2.23. The van der Waals surface area contributed by atoms with E-state index in [1.165, 1.54) is 7.11 Å². The van der Waals surface area contributed by atoms with Gasteiger partial charge in [0.05, 0.1) is 13.7 Å². The summed E-state index contributed by atoms with van der Waals surface area (Å²) in [7, 11) is 1.46. The molecule has 0 heterocycles. The van der Waals surface area contributed by atoms with Crippen molar-refractivity contribution in [2.75, 3.05) is 32.7 Å². The summed E-state index contributed by atoms with van der Waals surface area (Å²) in [6.07, 6.45) is 0.877. The average Bonchev–Trinajstić information content (AvgIpc) is 2.39. The van der Waals surface area contributed by atoms with Crippen LogP contribution >= 0.6 is 11.6 Å². The first-order valence-corrected chi connectivity index (χ1v) is 6.49. The van der Waals surface area contributed by atoms with Crippen LogP contribution in [0.25, 0.3) is 0 Å². The molecule has 0 saturated heterocycles. The van der Waals surface area contributed by atoms with Crippen LogP contribution in [0.2, 0.25) is 0 Å². The van der Waals surface area contributed by atoms with Gasteiger partial charge in [-0.05, 0) is 19.0 Å². The number of nitrogens with one attached hydrogen (secondary N) is 1. The Hall–Kier alpha value is -0.840. The van der Waals surface area contributed by atoms with E-state index >= 15 is 0 Å². The van der Waals surface area contributed by atoms with E-state index in [1.54, 1.807) is 18.2 Å². The predicted octanol–water partition coefficient (Wildman–Crippen LogP) is 2.57. The molecule has 1 rings (SSSR count). The SMILES string of the molecule is COc1cccc(CNCCCOCCCl)c1F. The third-order valence-electron chi connectivity index (χ3n) is 2.44. The van der Waals surface area contributed by atoms with Gasteiger partial charge in [-0.15, -0.1) is 11.6 Å². The minimum Gasteiger partial charge on any atom is -0.494 e. The summed E-state index contributed by atoms with van der Waals surface area (Å²) in [6, 6.07) is 5.14. The van der Waals surface area contributed by atoms with Gasteiger partial charge in [0.15, 0.2) is 11.6 Å². The second kappa shape index (κ2) is 9.14. The van der Waals surface area contributed by atoms with Crippen molar-refractivity contribution >= 4 is 11.6 Å². The van der Waals surface area contributed by atoms with Crippen molar-refractivity contribution in [1.29, 1.82) is 0 Å². The smallest absolute Gasteiger partial charge is 0.169 e. The molecule has 0 aliphatic rings. The molecule has 5 heteroatoms. The van der Waals surface area contributed by atoms with Crippen molar-refractivity contribution in [3.63, 3.8) is 0 Å². The van der Waals surface area contributed by atoms with Crippen LogP contribution in [-0.2, 0) is 11.3 Å². The van der Waals surface area contributed by atoms with E-state index in [0.717, 1.165) is 13.0 Å². The molecule has 1 aromatic rings. The second-order valence-corrected chi connectivity index (χ2v) is 4.14. The Labute approximate surface area is 112 Å². The lowest BCUT2D eigenvalue weighted by molar-refractivity contribution is 0.146. The fourth-order valence-corrected chi connectivity index (χ4v) is 1.64. The molecule has 0 atom stereocenters. The molecule has 0 unspecified atom stereocenters. The topological polar surface area (TPSA) is 30.5 Å². The molecule has 3 nitrogen and oxygen atoms in total. The third-order valence-corrected chi connectivity index (χ3v) is 2.60. The number of ether oxygens (including phenoxy) is 2. The lowest BCUT2D eigenvalue weighted by Crippen LogP contribution is -2.17. The summed E-state index contributed by atoms with van der Waals surface area (Å²) in [5.74, 6) is 0.494. The lowest BCUT2D eigenvalue weighted by Gasteiger charge is -2.08. The quantitative estimate of drug-likeness (QED) is 0.555. The fourth-order valence-electron chi connectivity index (χ4n) is 1.53. The van der Waals surface area contributed by atoms with Crippen molar-refractivity contribution in [2.24, 2.45) is 0 Å². The van der Waals surface area contributed by atoms with E-state index in [4.69, 9.17) is 21.1 Å². The molecule has 1 aromatic carbocycles. The zero-order valence-electron chi connectivity index (χ0n) is 10.5. The van der Waals surface area contributed by atoms with Crippen LogP contribution in [0.3, 0.4) is 0 Å². The van der Waals surface area contributed by atoms with Gasteiger partial charge >= 0.3 is 0 Å². The molecule has 18 heavy (non-hydrogen) atoms. The number of benzene rings is 1. The molecule has 0 saturated carbocycles. The van der Waals surface area contributed by atoms with E-state index in [-0.39, 0.29) is 11.6 Å². The van der Waals surface area contributed by atoms with Gasteiger partial charge < -0.3 is 14.8 Å². The van der Waals surface area contributed by atoms with Crippen LogP contribution in [-0.4, -0.2) is 32.7 Å². The van der Waals surface area contributed by atoms with Crippen molar-refractivity contribution in [1.82, 2.24) is 5.32 Å². The van der Waals surface area contributed by atoms with Crippen LogP contribution in [0.4, 0.5) is 4.39 Å². The first kappa shape index (κ1) is 15.2. The number of hydrogen-bond donors (Lipinski definition) is 1. The average molecular weight is 276 g/mol. The summed E-state index contributed by atoms with van der Waals surface area (Å²) < 4.78 is 23.9. The standard InChI is InChI=1S/C13H19ClFNO2/c1-17-12-5-2-4-11(13(12)15)10-16-7-3-8-18-9-6-14/h2,4-5,16H,3,6-10H2,1H3. The lowest BCUT2D eigenvalue weighted by atomic mass is 10.2. The number of hydrogen-bond acceptors (Lipinski definition) is 3. The first-order valence-electron chi connectivity index (χ1n) is 5.95. The number of methoxy groups -OCH3 is 1. The monoisotopic (exact) mass is 275 g/mol. The molecule has 0 aromatic heterocycles. The van der Waals surface area contributed by atoms with E-state index in [0.29, 0.717) is 31.2 Å². The largest absolute Gasteiger partial charge is 0.494 e. The van der Waals surface area contributed by atoms with Gasteiger partial charge in [-0.1, -0.05) is 12.1 Å². The maximum absolute atomic E-state index is 13.7. The normalized spacial score (nSPS) is 10.6. The van der Waals surface area contributed by atoms with Crippen molar-refractivity contribution in [3.05, 3.63) is 29.6 Å². The number of alkyl halides is 1. The Morgan fingerprint density at radius 1 is 1.33 bits per heavy atom. The van der Waals surface area contributed by atoms with Gasteiger partial charge in [-0.25, -0.2) is 4.39 Å². The van der Waals surface area contributed by atoms with E-state index < -0.39 is 0 Å². The summed E-state index contributed by atoms with van der Waals surface area (Å²) in [4.78, 5) is 0. The van der Waals surface area contributed by atoms with Gasteiger partial charge in [0, 0.05) is 24.6 Å². The van der Waals surface area contributed by atoms with Gasteiger partial charge in [-0.2, -0.15) is 0 Å². The molecule has 102 valence electrons. The third kappa shape index (κ3) is 5.21. The van der Waals surface area contributed by atoms with Crippen molar-refractivity contribution in [2.45, 2.75) is 13.0 Å². The Morgan fingerprint density at radius 2 is 2.17 bits per heavy atom. The minimum absolute atomic E-state index is 0.278. The maximum atomic E-state index is 13.7. The van der Waals surface area contributed by atoms with Gasteiger partial charge in [-0.3, -0.25) is 0 Å². The van der Waals surface area contributed by atoms with Crippen LogP contribution in [0.15, 0.2) is 18.2 Å². The van der Waals surface area contributed by atoms with Crippen molar-refractivity contribution in [3.8, 4) is 5.75 Å². The second-order valence-electron chi connectivity index (χ2n) is 3.77. The molecule has 0 aliphatic heterocycles. The highest BCUT2D eigenvalue weighted by Crippen LogP contribution is 2.19. The fraction of sp³-hybridized carbons (Fsp3) is 0.538. The molecule has 0 bridgehead atoms. The van der Waals surface area contributed by atoms with Gasteiger partial charge in [0.2, 0.25) is 0 Å². The summed E-state index contributed by atoms with van der Waals surface area (Å²) in [5, 5.41) is 3.16. The predicted molar refractivity (Wildman–Crippen MR) is 70.8 cm³/mol. The van der Waals surface area contributed by atoms with Crippen LogP contribution in [0.1, 0.15) is 12.0 Å². The van der Waals surface area contributed by atoms with E-state index in [9.17, 15) is 4.39 Å². The molecule has 0 spiro atoms. The molecule has 0 amide bonds. The summed E-state index contributed by atoms with van der Waals surface area (Å²) >= 11 is 5.47. The van der Waals surface area contributed by atoms with Crippen molar-refractivity contribution < 1.29 is 13.9 Å². The molecular weight excluding hydrogens is 257 g/mol. The van der Waals surface area contributed by atoms with Crippen LogP contribution in [0, 0.1) is 5.82 Å². The molecular formula is C13H19ClFNO2. The van der Waals surface area contributed by atoms with E-state index in [2.05, 4.69) is 5.32 Å². The number of rotatable bonds is 9. The molecule has 0 radical (unpaired) electrons. The van der Waals surface area contributed by atoms with E-state index in [1.807, 2.05) is 0 Å². The zero-order chi connectivity index (χ0) is 13.2. The molecule has 1 N–H and O–H groups in total. The Kier molecular flexibility index (Phi) is 7.73. The van der Waals surface area contributed by atoms with Gasteiger partial charge in [0.1, 0.15) is 0 Å².